The Morgan fingerprint density at radius 1 is 0.667 bits per heavy atom. The van der Waals surface area contributed by atoms with Gasteiger partial charge < -0.3 is 4.74 Å². The second-order valence-corrected chi connectivity index (χ2v) is 13.5. The fourth-order valence-corrected chi connectivity index (χ4v) is 7.01. The number of hydrogen-bond acceptors (Lipinski definition) is 3. The number of nitrogens with zero attached hydrogens (tertiary/aromatic N) is 2. The Hall–Kier alpha value is -3.16. The first kappa shape index (κ1) is 33.2. The molecule has 0 saturated carbocycles. The van der Waals surface area contributed by atoms with Gasteiger partial charge in [0.2, 0.25) is 6.33 Å². The largest absolute Gasteiger partial charge is 0.365 e. The molecular weight excluding hydrogens is 659 g/mol. The second kappa shape index (κ2) is 16.4. The van der Waals surface area contributed by atoms with Crippen molar-refractivity contribution in [3.05, 3.63) is 173 Å². The summed E-state index contributed by atoms with van der Waals surface area (Å²) in [6.45, 7) is 1.86. The molecular formula is C37H32Cl3N2OS2+. The second-order valence-electron chi connectivity index (χ2n) is 10.4. The number of aromatic nitrogens is 2. The molecule has 0 aliphatic heterocycles. The van der Waals surface area contributed by atoms with Crippen LogP contribution in [0.4, 0.5) is 0 Å². The molecule has 0 radical (unpaired) electrons. The molecule has 6 aromatic rings. The van der Waals surface area contributed by atoms with Crippen LogP contribution in [-0.2, 0) is 24.4 Å². The summed E-state index contributed by atoms with van der Waals surface area (Å²) in [7, 11) is 0. The number of rotatable bonds is 12. The molecule has 1 atom stereocenters. The Morgan fingerprint density at radius 2 is 1.22 bits per heavy atom. The van der Waals surface area contributed by atoms with Gasteiger partial charge in [0.1, 0.15) is 31.6 Å². The molecule has 1 aromatic heterocycles. The van der Waals surface area contributed by atoms with Gasteiger partial charge in [0.15, 0.2) is 0 Å². The number of hydrogen-bond donors (Lipinski definition) is 0. The minimum absolute atomic E-state index is 0. The van der Waals surface area contributed by atoms with E-state index in [0.29, 0.717) is 23.2 Å². The number of benzene rings is 5. The molecule has 6 rings (SSSR count). The summed E-state index contributed by atoms with van der Waals surface area (Å²) in [4.78, 5) is 4.88. The van der Waals surface area contributed by atoms with Gasteiger partial charge in [-0.3, -0.25) is 0 Å². The van der Waals surface area contributed by atoms with Crippen LogP contribution in [-0.4, -0.2) is 4.57 Å². The molecule has 8 heteroatoms. The van der Waals surface area contributed by atoms with Gasteiger partial charge in [0.05, 0.1) is 6.61 Å². The van der Waals surface area contributed by atoms with E-state index in [0.717, 1.165) is 17.7 Å². The van der Waals surface area contributed by atoms with Gasteiger partial charge in [-0.05, 0) is 71.8 Å². The highest BCUT2D eigenvalue weighted by Gasteiger charge is 2.20. The molecule has 1 heterocycles. The Labute approximate surface area is 289 Å². The van der Waals surface area contributed by atoms with Crippen molar-refractivity contribution in [1.29, 1.82) is 0 Å². The summed E-state index contributed by atoms with van der Waals surface area (Å²) in [5, 5.41) is 1.21. The zero-order valence-corrected chi connectivity index (χ0v) is 28.3. The highest BCUT2D eigenvalue weighted by atomic mass is 35.5. The van der Waals surface area contributed by atoms with E-state index in [4.69, 9.17) is 27.9 Å². The normalized spacial score (nSPS) is 11.6. The average molecular weight is 691 g/mol. The lowest BCUT2D eigenvalue weighted by molar-refractivity contribution is -0.687. The van der Waals surface area contributed by atoms with Crippen LogP contribution in [0.3, 0.4) is 0 Å². The third-order valence-electron chi connectivity index (χ3n) is 7.05. The maximum atomic E-state index is 6.66. The lowest BCUT2D eigenvalue weighted by Gasteiger charge is -2.18. The van der Waals surface area contributed by atoms with Crippen molar-refractivity contribution in [3.8, 4) is 0 Å². The van der Waals surface area contributed by atoms with Gasteiger partial charge in [-0.25, -0.2) is 9.13 Å². The first-order valence-electron chi connectivity index (χ1n) is 14.3. The van der Waals surface area contributed by atoms with Crippen LogP contribution in [0.25, 0.3) is 0 Å². The van der Waals surface area contributed by atoms with E-state index in [-0.39, 0.29) is 18.5 Å². The molecule has 0 spiro atoms. The quantitative estimate of drug-likeness (QED) is 0.119. The standard InChI is InChI=1S/C37H31Cl2N2OS2.ClH/c38-30-15-20-35(36(39)23-30)37(42-26-29-13-18-34(19-14-29)44-32-9-5-2-6-10-32)25-41-22-21-40(27-41)24-28-11-16-33(17-12-28)43-31-7-3-1-4-8-31;/h1-23,27,37H,24-26H2;1H/q+1;. The molecule has 5 aromatic carbocycles. The van der Waals surface area contributed by atoms with Crippen molar-refractivity contribution in [3.63, 3.8) is 0 Å². The van der Waals surface area contributed by atoms with Gasteiger partial charge in [-0.2, -0.15) is 0 Å². The van der Waals surface area contributed by atoms with Crippen LogP contribution < -0.4 is 4.57 Å². The SMILES string of the molecule is Cl.Clc1ccc(C(Cn2cc[n+](Cc3ccc(Sc4ccccc4)cc3)c2)OCc2ccc(Sc3ccccc3)cc2)c(Cl)c1. The molecule has 0 saturated heterocycles. The third-order valence-corrected chi connectivity index (χ3v) is 9.65. The molecule has 0 N–H and O–H groups in total. The van der Waals surface area contributed by atoms with Crippen molar-refractivity contribution >= 4 is 59.1 Å². The smallest absolute Gasteiger partial charge is 0.244 e. The van der Waals surface area contributed by atoms with Crippen molar-refractivity contribution in [2.24, 2.45) is 0 Å². The van der Waals surface area contributed by atoms with E-state index in [1.807, 2.05) is 24.3 Å². The monoisotopic (exact) mass is 689 g/mol. The summed E-state index contributed by atoms with van der Waals surface area (Å²) < 4.78 is 10.9. The van der Waals surface area contributed by atoms with Crippen molar-refractivity contribution in [1.82, 2.24) is 4.57 Å². The highest BCUT2D eigenvalue weighted by molar-refractivity contribution is 7.99. The topological polar surface area (TPSA) is 18.0 Å². The van der Waals surface area contributed by atoms with Gasteiger partial charge in [-0.1, -0.05) is 113 Å². The summed E-state index contributed by atoms with van der Waals surface area (Å²) in [6.07, 6.45) is 6.03. The van der Waals surface area contributed by atoms with Crippen LogP contribution in [0.1, 0.15) is 22.8 Å². The Kier molecular flexibility index (Phi) is 12.1. The Morgan fingerprint density at radius 3 is 1.80 bits per heavy atom. The van der Waals surface area contributed by atoms with E-state index >= 15 is 0 Å². The Balaban J connectivity index is 0.00000400. The van der Waals surface area contributed by atoms with E-state index in [2.05, 4.69) is 125 Å². The van der Waals surface area contributed by atoms with E-state index in [1.165, 1.54) is 25.1 Å². The van der Waals surface area contributed by atoms with Crippen LogP contribution >= 0.6 is 59.1 Å². The van der Waals surface area contributed by atoms with E-state index in [1.54, 1.807) is 29.6 Å². The van der Waals surface area contributed by atoms with Crippen molar-refractivity contribution < 1.29 is 9.30 Å². The predicted octanol–water partition coefficient (Wildman–Crippen LogP) is 10.8. The van der Waals surface area contributed by atoms with Gasteiger partial charge >= 0.3 is 0 Å². The first-order chi connectivity index (χ1) is 21.6. The Bertz CT molecular complexity index is 1780. The summed E-state index contributed by atoms with van der Waals surface area (Å²) in [5.41, 5.74) is 3.26. The molecule has 3 nitrogen and oxygen atoms in total. The third kappa shape index (κ3) is 9.67. The molecule has 0 aliphatic carbocycles. The zero-order valence-electron chi connectivity index (χ0n) is 24.3. The number of halogens is 3. The molecule has 0 bridgehead atoms. The lowest BCUT2D eigenvalue weighted by Crippen LogP contribution is -2.31. The van der Waals surface area contributed by atoms with Gasteiger partial charge in [0.25, 0.3) is 0 Å². The molecule has 0 amide bonds. The molecule has 228 valence electrons. The molecule has 1 unspecified atom stereocenters. The maximum Gasteiger partial charge on any atom is 0.244 e. The lowest BCUT2D eigenvalue weighted by atomic mass is 10.1. The highest BCUT2D eigenvalue weighted by Crippen LogP contribution is 2.32. The number of ether oxygens (including phenoxy) is 1. The summed E-state index contributed by atoms with van der Waals surface area (Å²) in [5.74, 6) is 0. The van der Waals surface area contributed by atoms with Gasteiger partial charge in [-0.15, -0.1) is 12.4 Å². The molecule has 0 aliphatic rings. The van der Waals surface area contributed by atoms with Crippen LogP contribution in [0.5, 0.6) is 0 Å². The molecule has 0 fully saturated rings. The maximum absolute atomic E-state index is 6.66. The fourth-order valence-electron chi connectivity index (χ4n) is 4.81. The van der Waals surface area contributed by atoms with Crippen molar-refractivity contribution in [2.75, 3.05) is 0 Å². The van der Waals surface area contributed by atoms with E-state index in [9.17, 15) is 0 Å². The fraction of sp³-hybridized carbons (Fsp3) is 0.108. The average Bonchev–Trinajstić information content (AvgIpc) is 3.49. The summed E-state index contributed by atoms with van der Waals surface area (Å²) in [6, 6.07) is 43.7. The van der Waals surface area contributed by atoms with Crippen molar-refractivity contribution in [2.45, 2.75) is 45.4 Å². The number of imidazole rings is 1. The van der Waals surface area contributed by atoms with Crippen LogP contribution in [0, 0.1) is 0 Å². The molecule has 45 heavy (non-hydrogen) atoms. The van der Waals surface area contributed by atoms with E-state index < -0.39 is 0 Å². The van der Waals surface area contributed by atoms with Gasteiger partial charge in [0, 0.05) is 35.2 Å². The van der Waals surface area contributed by atoms with Crippen LogP contribution in [0.2, 0.25) is 10.0 Å². The summed E-state index contributed by atoms with van der Waals surface area (Å²) >= 11 is 16.4. The first-order valence-corrected chi connectivity index (χ1v) is 16.7. The van der Waals surface area contributed by atoms with Crippen LogP contribution in [0.15, 0.2) is 166 Å². The minimum atomic E-state index is -0.256. The predicted molar refractivity (Wildman–Crippen MR) is 189 cm³/mol. The minimum Gasteiger partial charge on any atom is -0.365 e. The zero-order chi connectivity index (χ0) is 30.1.